The zero-order chi connectivity index (χ0) is 13.3. The van der Waals surface area contributed by atoms with Crippen LogP contribution in [0.4, 0.5) is 5.69 Å². The van der Waals surface area contributed by atoms with Gasteiger partial charge >= 0.3 is 0 Å². The number of nitrogens with one attached hydrogen (secondary N) is 1. The molecule has 1 aromatic carbocycles. The maximum atomic E-state index is 5.57. The normalized spacial score (nSPS) is 12.5. The van der Waals surface area contributed by atoms with Gasteiger partial charge in [-0.2, -0.15) is 0 Å². The van der Waals surface area contributed by atoms with Crippen LogP contribution in [0.5, 0.6) is 0 Å². The quantitative estimate of drug-likeness (QED) is 0.849. The van der Waals surface area contributed by atoms with E-state index >= 15 is 0 Å². The molecule has 1 N–H and O–H groups in total. The van der Waals surface area contributed by atoms with Crippen LogP contribution in [-0.4, -0.2) is 0 Å². The number of hydrogen-bond donors (Lipinski definition) is 1. The molecule has 1 aromatic heterocycles. The highest BCUT2D eigenvalue weighted by Crippen LogP contribution is 2.27. The van der Waals surface area contributed by atoms with E-state index in [0.29, 0.717) is 0 Å². The molecule has 2 nitrogen and oxygen atoms in total. The Morgan fingerprint density at radius 1 is 1.11 bits per heavy atom. The van der Waals surface area contributed by atoms with E-state index < -0.39 is 0 Å². The fraction of sp³-hybridized carbons (Fsp3) is 0.333. The van der Waals surface area contributed by atoms with Gasteiger partial charge < -0.3 is 9.73 Å². The van der Waals surface area contributed by atoms with Crippen molar-refractivity contribution in [2.24, 2.45) is 0 Å². The molecule has 18 heavy (non-hydrogen) atoms. The summed E-state index contributed by atoms with van der Waals surface area (Å²) in [6, 6.07) is 8.66. The van der Waals surface area contributed by atoms with Gasteiger partial charge in [-0.1, -0.05) is 15.9 Å². The molecular formula is C15H18BrNO. The maximum Gasteiger partial charge on any atom is 0.106 e. The van der Waals surface area contributed by atoms with Crippen LogP contribution in [0.2, 0.25) is 0 Å². The molecule has 2 aromatic rings. The molecule has 0 saturated carbocycles. The standard InChI is InChI=1S/C15H18BrNO/c1-9-5-13(16)8-14(6-9)17-11(3)15-7-10(2)18-12(15)4/h5-8,11,17H,1-4H3. The maximum absolute atomic E-state index is 5.57. The number of rotatable bonds is 3. The van der Waals surface area contributed by atoms with Crippen LogP contribution in [0.1, 0.15) is 35.6 Å². The predicted octanol–water partition coefficient (Wildman–Crippen LogP) is 5.14. The monoisotopic (exact) mass is 307 g/mol. The summed E-state index contributed by atoms with van der Waals surface area (Å²) in [5.41, 5.74) is 3.57. The minimum atomic E-state index is 0.233. The van der Waals surface area contributed by atoms with Crippen molar-refractivity contribution in [1.29, 1.82) is 0 Å². The van der Waals surface area contributed by atoms with Crippen LogP contribution in [0.15, 0.2) is 33.2 Å². The number of hydrogen-bond acceptors (Lipinski definition) is 2. The lowest BCUT2D eigenvalue weighted by molar-refractivity contribution is 0.500. The lowest BCUT2D eigenvalue weighted by atomic mass is 10.1. The zero-order valence-electron chi connectivity index (χ0n) is 11.2. The molecule has 0 amide bonds. The zero-order valence-corrected chi connectivity index (χ0v) is 12.8. The molecule has 2 rings (SSSR count). The third-order valence-electron chi connectivity index (χ3n) is 2.97. The molecule has 0 radical (unpaired) electrons. The Kier molecular flexibility index (Phi) is 3.81. The largest absolute Gasteiger partial charge is 0.466 e. The number of halogens is 1. The minimum Gasteiger partial charge on any atom is -0.466 e. The molecule has 96 valence electrons. The van der Waals surface area contributed by atoms with Gasteiger partial charge in [0.25, 0.3) is 0 Å². The van der Waals surface area contributed by atoms with Crippen LogP contribution in [0.25, 0.3) is 0 Å². The first kappa shape index (κ1) is 13.2. The topological polar surface area (TPSA) is 25.2 Å². The Morgan fingerprint density at radius 2 is 1.83 bits per heavy atom. The number of anilines is 1. The SMILES string of the molecule is Cc1cc(Br)cc(NC(C)c2cc(C)oc2C)c1. The summed E-state index contributed by atoms with van der Waals surface area (Å²) in [5, 5.41) is 3.50. The van der Waals surface area contributed by atoms with E-state index in [4.69, 9.17) is 4.42 Å². The Labute approximate surface area is 117 Å². The summed E-state index contributed by atoms with van der Waals surface area (Å²) in [7, 11) is 0. The first-order valence-corrected chi connectivity index (χ1v) is 6.85. The second kappa shape index (κ2) is 5.19. The van der Waals surface area contributed by atoms with E-state index in [2.05, 4.69) is 59.4 Å². The van der Waals surface area contributed by atoms with Gasteiger partial charge in [0.1, 0.15) is 11.5 Å². The molecule has 1 heterocycles. The molecule has 3 heteroatoms. The number of aryl methyl sites for hydroxylation is 3. The number of furan rings is 1. The summed E-state index contributed by atoms with van der Waals surface area (Å²) >= 11 is 3.52. The second-order valence-electron chi connectivity index (χ2n) is 4.75. The first-order valence-electron chi connectivity index (χ1n) is 6.06. The third-order valence-corrected chi connectivity index (χ3v) is 3.43. The summed E-state index contributed by atoms with van der Waals surface area (Å²) in [4.78, 5) is 0. The van der Waals surface area contributed by atoms with Gasteiger partial charge in [-0.3, -0.25) is 0 Å². The van der Waals surface area contributed by atoms with Crippen LogP contribution in [0.3, 0.4) is 0 Å². The molecule has 0 saturated heterocycles. The highest BCUT2D eigenvalue weighted by atomic mass is 79.9. The van der Waals surface area contributed by atoms with Gasteiger partial charge in [0.15, 0.2) is 0 Å². The van der Waals surface area contributed by atoms with E-state index in [0.717, 1.165) is 21.7 Å². The molecule has 0 aliphatic rings. The van der Waals surface area contributed by atoms with Crippen molar-refractivity contribution < 1.29 is 4.42 Å². The van der Waals surface area contributed by atoms with Crippen molar-refractivity contribution >= 4 is 21.6 Å². The molecule has 1 unspecified atom stereocenters. The fourth-order valence-corrected chi connectivity index (χ4v) is 2.84. The lowest BCUT2D eigenvalue weighted by Crippen LogP contribution is -2.06. The van der Waals surface area contributed by atoms with Crippen LogP contribution < -0.4 is 5.32 Å². The fourth-order valence-electron chi connectivity index (χ4n) is 2.23. The van der Waals surface area contributed by atoms with Crippen molar-refractivity contribution in [2.75, 3.05) is 5.32 Å². The van der Waals surface area contributed by atoms with Gasteiger partial charge in [0.05, 0.1) is 6.04 Å². The molecule has 0 bridgehead atoms. The summed E-state index contributed by atoms with van der Waals surface area (Å²) < 4.78 is 6.67. The second-order valence-corrected chi connectivity index (χ2v) is 5.67. The average molecular weight is 308 g/mol. The van der Waals surface area contributed by atoms with E-state index in [9.17, 15) is 0 Å². The highest BCUT2D eigenvalue weighted by molar-refractivity contribution is 9.10. The lowest BCUT2D eigenvalue weighted by Gasteiger charge is -2.15. The van der Waals surface area contributed by atoms with Gasteiger partial charge in [-0.05, 0) is 57.5 Å². The van der Waals surface area contributed by atoms with Crippen molar-refractivity contribution in [1.82, 2.24) is 0 Å². The van der Waals surface area contributed by atoms with E-state index in [-0.39, 0.29) is 6.04 Å². The predicted molar refractivity (Wildman–Crippen MR) is 79.1 cm³/mol. The molecule has 0 spiro atoms. The van der Waals surface area contributed by atoms with Crippen LogP contribution >= 0.6 is 15.9 Å². The van der Waals surface area contributed by atoms with Gasteiger partial charge in [-0.25, -0.2) is 0 Å². The van der Waals surface area contributed by atoms with Crippen LogP contribution in [-0.2, 0) is 0 Å². The van der Waals surface area contributed by atoms with Crippen molar-refractivity contribution in [3.05, 3.63) is 51.4 Å². The Morgan fingerprint density at radius 3 is 2.39 bits per heavy atom. The first-order chi connectivity index (χ1) is 8.45. The van der Waals surface area contributed by atoms with Crippen molar-refractivity contribution in [3.63, 3.8) is 0 Å². The average Bonchev–Trinajstić information content (AvgIpc) is 2.56. The van der Waals surface area contributed by atoms with Gasteiger partial charge in [-0.15, -0.1) is 0 Å². The Bertz CT molecular complexity index is 539. The van der Waals surface area contributed by atoms with Crippen molar-refractivity contribution in [2.45, 2.75) is 33.7 Å². The molecular weight excluding hydrogens is 290 g/mol. The molecule has 0 aliphatic carbocycles. The smallest absolute Gasteiger partial charge is 0.106 e. The van der Waals surface area contributed by atoms with Gasteiger partial charge in [0, 0.05) is 15.7 Å². The van der Waals surface area contributed by atoms with E-state index in [1.807, 2.05) is 13.8 Å². The summed E-state index contributed by atoms with van der Waals surface area (Å²) in [6.07, 6.45) is 0. The summed E-state index contributed by atoms with van der Waals surface area (Å²) in [5.74, 6) is 1.95. The third kappa shape index (κ3) is 2.96. The highest BCUT2D eigenvalue weighted by Gasteiger charge is 2.12. The Balaban J connectivity index is 2.20. The molecule has 0 aliphatic heterocycles. The Hall–Kier alpha value is -1.22. The molecule has 1 atom stereocenters. The van der Waals surface area contributed by atoms with Crippen LogP contribution in [0, 0.1) is 20.8 Å². The molecule has 0 fully saturated rings. The number of benzene rings is 1. The van der Waals surface area contributed by atoms with Crippen molar-refractivity contribution in [3.8, 4) is 0 Å². The minimum absolute atomic E-state index is 0.233. The van der Waals surface area contributed by atoms with Gasteiger partial charge in [0.2, 0.25) is 0 Å². The van der Waals surface area contributed by atoms with E-state index in [1.165, 1.54) is 11.1 Å². The van der Waals surface area contributed by atoms with E-state index in [1.54, 1.807) is 0 Å². The summed E-state index contributed by atoms with van der Waals surface area (Å²) in [6.45, 7) is 8.22.